The third-order valence-corrected chi connectivity index (χ3v) is 4.04. The van der Waals surface area contributed by atoms with Gasteiger partial charge in [-0.05, 0) is 43.9 Å². The lowest BCUT2D eigenvalue weighted by atomic mass is 9.67. The molecular weight excluding hydrogens is 184 g/mol. The number of hydrogen-bond donors (Lipinski definition) is 0. The van der Waals surface area contributed by atoms with Gasteiger partial charge in [0.2, 0.25) is 0 Å². The zero-order valence-corrected chi connectivity index (χ0v) is 10.5. The van der Waals surface area contributed by atoms with Gasteiger partial charge < -0.3 is 4.79 Å². The Morgan fingerprint density at radius 2 is 1.87 bits per heavy atom. The van der Waals surface area contributed by atoms with Crippen LogP contribution in [-0.2, 0) is 4.79 Å². The average Bonchev–Trinajstić information content (AvgIpc) is 2.21. The average molecular weight is 208 g/mol. The Labute approximate surface area is 93.9 Å². The molecule has 1 fully saturated rings. The van der Waals surface area contributed by atoms with Gasteiger partial charge >= 0.3 is 0 Å². The molecule has 1 rings (SSSR count). The van der Waals surface area contributed by atoms with Crippen LogP contribution in [0, 0.1) is 23.7 Å². The summed E-state index contributed by atoms with van der Waals surface area (Å²) in [4.78, 5) is 11.1. The van der Waals surface area contributed by atoms with Crippen LogP contribution in [0.15, 0.2) is 11.6 Å². The second-order valence-corrected chi connectivity index (χ2v) is 5.19. The molecule has 0 aromatic heterocycles. The maximum atomic E-state index is 11.1. The molecule has 0 aromatic carbocycles. The minimum absolute atomic E-state index is 0.263. The molecule has 4 unspecified atom stereocenters. The highest BCUT2D eigenvalue weighted by Crippen LogP contribution is 2.40. The van der Waals surface area contributed by atoms with E-state index in [4.69, 9.17) is 0 Å². The van der Waals surface area contributed by atoms with Crippen LogP contribution in [0.2, 0.25) is 0 Å². The summed E-state index contributed by atoms with van der Waals surface area (Å²) >= 11 is 0. The molecule has 1 aliphatic rings. The summed E-state index contributed by atoms with van der Waals surface area (Å²) in [6.45, 7) is 8.94. The van der Waals surface area contributed by atoms with Crippen LogP contribution in [0.25, 0.3) is 0 Å². The van der Waals surface area contributed by atoms with E-state index >= 15 is 0 Å². The molecule has 0 bridgehead atoms. The Morgan fingerprint density at radius 1 is 1.27 bits per heavy atom. The van der Waals surface area contributed by atoms with E-state index in [1.165, 1.54) is 18.3 Å². The van der Waals surface area contributed by atoms with Crippen molar-refractivity contribution in [2.45, 2.75) is 47.0 Å². The van der Waals surface area contributed by atoms with E-state index in [0.717, 1.165) is 18.8 Å². The third-order valence-electron chi connectivity index (χ3n) is 4.04. The predicted octanol–water partition coefficient (Wildman–Crippen LogP) is 3.84. The van der Waals surface area contributed by atoms with Crippen molar-refractivity contribution < 1.29 is 4.79 Å². The largest absolute Gasteiger partial charge is 0.303 e. The van der Waals surface area contributed by atoms with E-state index in [-0.39, 0.29) is 5.92 Å². The van der Waals surface area contributed by atoms with Crippen molar-refractivity contribution in [2.24, 2.45) is 23.7 Å². The molecule has 0 spiro atoms. The first-order valence-electron chi connectivity index (χ1n) is 6.22. The first-order chi connectivity index (χ1) is 7.10. The molecule has 0 saturated heterocycles. The molecule has 15 heavy (non-hydrogen) atoms. The third kappa shape index (κ3) is 2.93. The Bertz CT molecular complexity index is 242. The van der Waals surface area contributed by atoms with Crippen molar-refractivity contribution in [2.75, 3.05) is 0 Å². The number of carbonyl (C=O) groups is 1. The molecule has 0 heterocycles. The molecule has 1 aliphatic carbocycles. The van der Waals surface area contributed by atoms with Crippen molar-refractivity contribution >= 4 is 6.29 Å². The van der Waals surface area contributed by atoms with Gasteiger partial charge in [-0.2, -0.15) is 0 Å². The number of aldehydes is 1. The topological polar surface area (TPSA) is 17.1 Å². The van der Waals surface area contributed by atoms with Gasteiger partial charge in [-0.25, -0.2) is 0 Å². The lowest BCUT2D eigenvalue weighted by Crippen LogP contribution is -2.30. The molecule has 1 heteroatoms. The highest BCUT2D eigenvalue weighted by molar-refractivity contribution is 5.55. The fraction of sp³-hybridized carbons (Fsp3) is 0.786. The number of rotatable bonds is 3. The molecule has 86 valence electrons. The van der Waals surface area contributed by atoms with E-state index in [1.54, 1.807) is 0 Å². The smallest absolute Gasteiger partial charge is 0.123 e. The SMILES string of the molecule is CC/C=C(\C)C1CC(C)C(C)CC1C=O. The molecule has 0 radical (unpaired) electrons. The highest BCUT2D eigenvalue weighted by Gasteiger charge is 2.33. The van der Waals surface area contributed by atoms with Gasteiger partial charge in [0.05, 0.1) is 0 Å². The molecule has 4 atom stereocenters. The molecular formula is C14H24O. The van der Waals surface area contributed by atoms with Crippen molar-refractivity contribution in [3.05, 3.63) is 11.6 Å². The fourth-order valence-corrected chi connectivity index (χ4v) is 2.78. The van der Waals surface area contributed by atoms with Crippen LogP contribution >= 0.6 is 0 Å². The van der Waals surface area contributed by atoms with Crippen LogP contribution in [0.1, 0.15) is 47.0 Å². The molecule has 0 aliphatic heterocycles. The zero-order valence-electron chi connectivity index (χ0n) is 10.5. The Balaban J connectivity index is 2.76. The van der Waals surface area contributed by atoms with Crippen molar-refractivity contribution in [1.29, 1.82) is 0 Å². The van der Waals surface area contributed by atoms with Crippen molar-refractivity contribution in [1.82, 2.24) is 0 Å². The lowest BCUT2D eigenvalue weighted by Gasteiger charge is -2.37. The number of hydrogen-bond acceptors (Lipinski definition) is 1. The molecule has 1 saturated carbocycles. The summed E-state index contributed by atoms with van der Waals surface area (Å²) in [7, 11) is 0. The van der Waals surface area contributed by atoms with Gasteiger partial charge in [0.25, 0.3) is 0 Å². The maximum Gasteiger partial charge on any atom is 0.123 e. The second-order valence-electron chi connectivity index (χ2n) is 5.19. The van der Waals surface area contributed by atoms with E-state index in [2.05, 4.69) is 33.8 Å². The van der Waals surface area contributed by atoms with Crippen LogP contribution < -0.4 is 0 Å². The standard InChI is InChI=1S/C14H24O/c1-5-6-10(2)14-8-12(4)11(3)7-13(14)9-15/h6,9,11-14H,5,7-8H2,1-4H3/b10-6+. The van der Waals surface area contributed by atoms with E-state index in [0.29, 0.717) is 11.8 Å². The summed E-state index contributed by atoms with van der Waals surface area (Å²) in [6.07, 6.45) is 6.80. The molecule has 1 nitrogen and oxygen atoms in total. The van der Waals surface area contributed by atoms with Gasteiger partial charge in [0, 0.05) is 5.92 Å². The van der Waals surface area contributed by atoms with Gasteiger partial charge in [0.15, 0.2) is 0 Å². The summed E-state index contributed by atoms with van der Waals surface area (Å²) in [5.41, 5.74) is 1.42. The highest BCUT2D eigenvalue weighted by atomic mass is 16.1. The Kier molecular flexibility index (Phi) is 4.56. The quantitative estimate of drug-likeness (QED) is 0.509. The lowest BCUT2D eigenvalue weighted by molar-refractivity contribution is -0.114. The molecule has 0 aromatic rings. The first-order valence-corrected chi connectivity index (χ1v) is 6.22. The molecule has 0 amide bonds. The maximum absolute atomic E-state index is 11.1. The summed E-state index contributed by atoms with van der Waals surface area (Å²) < 4.78 is 0. The van der Waals surface area contributed by atoms with E-state index in [1.807, 2.05) is 0 Å². The first kappa shape index (κ1) is 12.5. The number of carbonyl (C=O) groups excluding carboxylic acids is 1. The van der Waals surface area contributed by atoms with E-state index < -0.39 is 0 Å². The fourth-order valence-electron chi connectivity index (χ4n) is 2.78. The summed E-state index contributed by atoms with van der Waals surface area (Å²) in [5, 5.41) is 0. The van der Waals surface area contributed by atoms with Crippen LogP contribution in [0.4, 0.5) is 0 Å². The van der Waals surface area contributed by atoms with E-state index in [9.17, 15) is 4.79 Å². The van der Waals surface area contributed by atoms with Gasteiger partial charge in [-0.3, -0.25) is 0 Å². The summed E-state index contributed by atoms with van der Waals surface area (Å²) in [5.74, 6) is 2.23. The van der Waals surface area contributed by atoms with Crippen LogP contribution in [0.3, 0.4) is 0 Å². The second kappa shape index (κ2) is 5.48. The zero-order chi connectivity index (χ0) is 11.4. The van der Waals surface area contributed by atoms with Crippen molar-refractivity contribution in [3.8, 4) is 0 Å². The summed E-state index contributed by atoms with van der Waals surface area (Å²) in [6, 6.07) is 0. The number of allylic oxidation sites excluding steroid dienone is 2. The monoisotopic (exact) mass is 208 g/mol. The van der Waals surface area contributed by atoms with Crippen LogP contribution in [0.5, 0.6) is 0 Å². The Morgan fingerprint density at radius 3 is 2.40 bits per heavy atom. The predicted molar refractivity (Wildman–Crippen MR) is 64.7 cm³/mol. The minimum Gasteiger partial charge on any atom is -0.303 e. The Hall–Kier alpha value is -0.590. The van der Waals surface area contributed by atoms with Gasteiger partial charge in [-0.15, -0.1) is 0 Å². The van der Waals surface area contributed by atoms with Crippen molar-refractivity contribution in [3.63, 3.8) is 0 Å². The van der Waals surface area contributed by atoms with Gasteiger partial charge in [0.1, 0.15) is 6.29 Å². The van der Waals surface area contributed by atoms with Gasteiger partial charge in [-0.1, -0.05) is 32.4 Å². The van der Waals surface area contributed by atoms with Crippen LogP contribution in [-0.4, -0.2) is 6.29 Å². The normalized spacial score (nSPS) is 37.7. The minimum atomic E-state index is 0.263. The molecule has 0 N–H and O–H groups in total.